The van der Waals surface area contributed by atoms with Crippen molar-refractivity contribution >= 4 is 0 Å². The van der Waals surface area contributed by atoms with Crippen molar-refractivity contribution in [2.75, 3.05) is 6.61 Å². The van der Waals surface area contributed by atoms with E-state index in [9.17, 15) is 4.39 Å². The molecule has 3 N–H and O–H groups in total. The Hall–Kier alpha value is -0.970. The summed E-state index contributed by atoms with van der Waals surface area (Å²) < 4.78 is 12.6. The minimum absolute atomic E-state index is 0.0880. The number of aliphatic hydroxyl groups is 1. The van der Waals surface area contributed by atoms with Gasteiger partial charge in [0.05, 0.1) is 6.61 Å². The van der Waals surface area contributed by atoms with Crippen LogP contribution in [-0.4, -0.2) is 17.8 Å². The van der Waals surface area contributed by atoms with Gasteiger partial charge in [0.2, 0.25) is 0 Å². The molecule has 1 aromatic rings. The molecule has 0 aliphatic carbocycles. The van der Waals surface area contributed by atoms with Crippen LogP contribution in [0, 0.1) is 5.82 Å². The third-order valence-electron chi connectivity index (χ3n) is 2.47. The van der Waals surface area contributed by atoms with Crippen molar-refractivity contribution in [1.29, 1.82) is 0 Å². The Kier molecular flexibility index (Phi) is 2.77. The molecule has 0 amide bonds. The Balaban J connectivity index is 2.06. The van der Waals surface area contributed by atoms with E-state index in [4.69, 9.17) is 5.11 Å². The average Bonchev–Trinajstić information content (AvgIpc) is 2.67. The molecule has 0 radical (unpaired) electrons. The van der Waals surface area contributed by atoms with Gasteiger partial charge in [-0.2, -0.15) is 0 Å². The SMILES string of the molecule is OCC1CC(c2ccc(F)cc2)NN1. The summed E-state index contributed by atoms with van der Waals surface area (Å²) in [4.78, 5) is 0. The first kappa shape index (κ1) is 9.58. The number of halogens is 1. The van der Waals surface area contributed by atoms with E-state index >= 15 is 0 Å². The van der Waals surface area contributed by atoms with Crippen LogP contribution in [0.2, 0.25) is 0 Å². The summed E-state index contributed by atoms with van der Waals surface area (Å²) in [6, 6.07) is 6.66. The average molecular weight is 196 g/mol. The zero-order chi connectivity index (χ0) is 9.97. The third kappa shape index (κ3) is 1.92. The third-order valence-corrected chi connectivity index (χ3v) is 2.47. The summed E-state index contributed by atoms with van der Waals surface area (Å²) in [7, 11) is 0. The van der Waals surface area contributed by atoms with E-state index in [1.807, 2.05) is 0 Å². The summed E-state index contributed by atoms with van der Waals surface area (Å²) >= 11 is 0. The zero-order valence-corrected chi connectivity index (χ0v) is 7.70. The van der Waals surface area contributed by atoms with Crippen molar-refractivity contribution in [3.63, 3.8) is 0 Å². The minimum Gasteiger partial charge on any atom is -0.395 e. The number of nitrogens with one attached hydrogen (secondary N) is 2. The fourth-order valence-corrected chi connectivity index (χ4v) is 1.66. The lowest BCUT2D eigenvalue weighted by atomic mass is 10.0. The van der Waals surface area contributed by atoms with Crippen LogP contribution in [0.15, 0.2) is 24.3 Å². The fraction of sp³-hybridized carbons (Fsp3) is 0.400. The van der Waals surface area contributed by atoms with Crippen molar-refractivity contribution in [2.45, 2.75) is 18.5 Å². The molecule has 2 unspecified atom stereocenters. The highest BCUT2D eigenvalue weighted by Crippen LogP contribution is 2.21. The number of hydrogen-bond acceptors (Lipinski definition) is 3. The maximum atomic E-state index is 12.6. The van der Waals surface area contributed by atoms with E-state index in [1.54, 1.807) is 12.1 Å². The van der Waals surface area contributed by atoms with Crippen LogP contribution in [0.3, 0.4) is 0 Å². The molecule has 2 rings (SSSR count). The van der Waals surface area contributed by atoms with E-state index < -0.39 is 0 Å². The molecule has 4 heteroatoms. The van der Waals surface area contributed by atoms with Crippen molar-refractivity contribution in [3.8, 4) is 0 Å². The number of benzene rings is 1. The fourth-order valence-electron chi connectivity index (χ4n) is 1.66. The second-order valence-corrected chi connectivity index (χ2v) is 3.51. The van der Waals surface area contributed by atoms with E-state index in [1.165, 1.54) is 12.1 Å². The van der Waals surface area contributed by atoms with Gasteiger partial charge in [-0.1, -0.05) is 12.1 Å². The van der Waals surface area contributed by atoms with Crippen molar-refractivity contribution in [2.24, 2.45) is 0 Å². The molecule has 14 heavy (non-hydrogen) atoms. The van der Waals surface area contributed by atoms with E-state index in [0.717, 1.165) is 12.0 Å². The standard InChI is InChI=1S/C10H13FN2O/c11-8-3-1-7(2-4-8)10-5-9(6-14)12-13-10/h1-4,9-10,12-14H,5-6H2. The van der Waals surface area contributed by atoms with Gasteiger partial charge in [-0.3, -0.25) is 5.43 Å². The predicted molar refractivity (Wildman–Crippen MR) is 50.9 cm³/mol. The van der Waals surface area contributed by atoms with Gasteiger partial charge in [0.15, 0.2) is 0 Å². The number of hydrazine groups is 1. The largest absolute Gasteiger partial charge is 0.395 e. The molecule has 76 valence electrons. The lowest BCUT2D eigenvalue weighted by molar-refractivity contribution is 0.251. The van der Waals surface area contributed by atoms with Crippen LogP contribution in [-0.2, 0) is 0 Å². The number of hydrogen-bond donors (Lipinski definition) is 3. The summed E-state index contributed by atoms with van der Waals surface area (Å²) in [5, 5.41) is 8.91. The van der Waals surface area contributed by atoms with Crippen LogP contribution in [0.1, 0.15) is 18.0 Å². The highest BCUT2D eigenvalue weighted by atomic mass is 19.1. The highest BCUT2D eigenvalue weighted by Gasteiger charge is 2.23. The predicted octanol–water partition coefficient (Wildman–Crippen LogP) is 0.726. The Labute approximate surface area is 81.9 Å². The smallest absolute Gasteiger partial charge is 0.123 e. The monoisotopic (exact) mass is 196 g/mol. The summed E-state index contributed by atoms with van der Waals surface area (Å²) in [5.74, 6) is -0.224. The first-order valence-corrected chi connectivity index (χ1v) is 4.67. The summed E-state index contributed by atoms with van der Waals surface area (Å²) in [6.45, 7) is 0.116. The quantitative estimate of drug-likeness (QED) is 0.653. The van der Waals surface area contributed by atoms with Gasteiger partial charge in [0.1, 0.15) is 5.82 Å². The van der Waals surface area contributed by atoms with Gasteiger partial charge in [-0.05, 0) is 24.1 Å². The summed E-state index contributed by atoms with van der Waals surface area (Å²) in [6.07, 6.45) is 0.822. The van der Waals surface area contributed by atoms with Gasteiger partial charge < -0.3 is 5.11 Å². The van der Waals surface area contributed by atoms with Crippen LogP contribution in [0.5, 0.6) is 0 Å². The minimum atomic E-state index is -0.224. The van der Waals surface area contributed by atoms with Crippen molar-refractivity contribution in [3.05, 3.63) is 35.6 Å². The second-order valence-electron chi connectivity index (χ2n) is 3.51. The molecule has 1 aliphatic rings. The molecule has 1 fully saturated rings. The molecule has 0 aromatic heterocycles. The topological polar surface area (TPSA) is 44.3 Å². The zero-order valence-electron chi connectivity index (χ0n) is 7.70. The second kappa shape index (κ2) is 4.04. The van der Waals surface area contributed by atoms with Gasteiger partial charge >= 0.3 is 0 Å². The number of aliphatic hydroxyl groups excluding tert-OH is 1. The first-order valence-electron chi connectivity index (χ1n) is 4.67. The first-order chi connectivity index (χ1) is 6.79. The van der Waals surface area contributed by atoms with Gasteiger partial charge in [-0.15, -0.1) is 0 Å². The normalized spacial score (nSPS) is 26.7. The van der Waals surface area contributed by atoms with Crippen molar-refractivity contribution < 1.29 is 9.50 Å². The lowest BCUT2D eigenvalue weighted by Crippen LogP contribution is -2.32. The molecule has 1 saturated heterocycles. The van der Waals surface area contributed by atoms with E-state index in [2.05, 4.69) is 10.9 Å². The van der Waals surface area contributed by atoms with Crippen molar-refractivity contribution in [1.82, 2.24) is 10.9 Å². The Morgan fingerprint density at radius 1 is 1.29 bits per heavy atom. The Morgan fingerprint density at radius 2 is 2.00 bits per heavy atom. The van der Waals surface area contributed by atoms with Crippen LogP contribution >= 0.6 is 0 Å². The molecule has 0 spiro atoms. The Morgan fingerprint density at radius 3 is 2.57 bits per heavy atom. The molecule has 0 bridgehead atoms. The molecular formula is C10H13FN2O. The number of rotatable bonds is 2. The lowest BCUT2D eigenvalue weighted by Gasteiger charge is -2.08. The molecule has 1 aromatic carbocycles. The molecule has 2 atom stereocenters. The van der Waals surface area contributed by atoms with Crippen LogP contribution < -0.4 is 10.9 Å². The Bertz CT molecular complexity index is 301. The highest BCUT2D eigenvalue weighted by molar-refractivity contribution is 5.20. The molecule has 1 aliphatic heterocycles. The van der Waals surface area contributed by atoms with E-state index in [-0.39, 0.29) is 24.5 Å². The molecular weight excluding hydrogens is 183 g/mol. The van der Waals surface area contributed by atoms with E-state index in [0.29, 0.717) is 0 Å². The maximum absolute atomic E-state index is 12.6. The summed E-state index contributed by atoms with van der Waals surface area (Å²) in [5.41, 5.74) is 7.07. The molecule has 0 saturated carbocycles. The van der Waals surface area contributed by atoms with Gasteiger partial charge in [-0.25, -0.2) is 9.82 Å². The van der Waals surface area contributed by atoms with Gasteiger partial charge in [0, 0.05) is 12.1 Å². The maximum Gasteiger partial charge on any atom is 0.123 e. The molecule has 1 heterocycles. The van der Waals surface area contributed by atoms with Crippen LogP contribution in [0.25, 0.3) is 0 Å². The van der Waals surface area contributed by atoms with Gasteiger partial charge in [0.25, 0.3) is 0 Å². The van der Waals surface area contributed by atoms with Crippen LogP contribution in [0.4, 0.5) is 4.39 Å². The molecule has 3 nitrogen and oxygen atoms in total.